The fourth-order valence-corrected chi connectivity index (χ4v) is 3.03. The summed E-state index contributed by atoms with van der Waals surface area (Å²) in [6.07, 6.45) is 4.20. The second-order valence-corrected chi connectivity index (χ2v) is 7.82. The summed E-state index contributed by atoms with van der Waals surface area (Å²) in [5.41, 5.74) is 4.48. The first-order valence-electron chi connectivity index (χ1n) is 9.96. The molecular formula is C25H19Cl2N3O4. The van der Waals surface area contributed by atoms with E-state index in [0.717, 1.165) is 5.56 Å². The van der Waals surface area contributed by atoms with Crippen molar-refractivity contribution in [3.05, 3.63) is 99.5 Å². The van der Waals surface area contributed by atoms with Crippen molar-refractivity contribution in [2.75, 3.05) is 5.32 Å². The molecule has 3 rings (SSSR count). The van der Waals surface area contributed by atoms with E-state index in [-0.39, 0.29) is 11.7 Å². The number of carbonyl (C=O) groups is 3. The lowest BCUT2D eigenvalue weighted by molar-refractivity contribution is -0.128. The molecular weight excluding hydrogens is 477 g/mol. The molecule has 34 heavy (non-hydrogen) atoms. The second kappa shape index (κ2) is 11.8. The highest BCUT2D eigenvalue weighted by Crippen LogP contribution is 2.22. The monoisotopic (exact) mass is 495 g/mol. The largest absolute Gasteiger partial charge is 0.423 e. The fourth-order valence-electron chi connectivity index (χ4n) is 2.73. The molecule has 0 radical (unpaired) electrons. The van der Waals surface area contributed by atoms with Gasteiger partial charge in [0.05, 0.1) is 6.21 Å². The van der Waals surface area contributed by atoms with Gasteiger partial charge in [-0.2, -0.15) is 5.10 Å². The maximum atomic E-state index is 12.3. The van der Waals surface area contributed by atoms with Crippen LogP contribution in [0.15, 0.2) is 77.9 Å². The van der Waals surface area contributed by atoms with Crippen molar-refractivity contribution in [3.63, 3.8) is 0 Å². The van der Waals surface area contributed by atoms with Crippen molar-refractivity contribution < 1.29 is 19.1 Å². The predicted octanol–water partition coefficient (Wildman–Crippen LogP) is 5.33. The first kappa shape index (κ1) is 24.7. The van der Waals surface area contributed by atoms with Gasteiger partial charge in [-0.25, -0.2) is 10.2 Å². The predicted molar refractivity (Wildman–Crippen MR) is 133 cm³/mol. The van der Waals surface area contributed by atoms with Crippen LogP contribution in [-0.2, 0) is 9.59 Å². The summed E-state index contributed by atoms with van der Waals surface area (Å²) in [7, 11) is 0. The van der Waals surface area contributed by atoms with Gasteiger partial charge in [-0.1, -0.05) is 35.3 Å². The molecule has 0 fully saturated rings. The Bertz CT molecular complexity index is 1250. The summed E-state index contributed by atoms with van der Waals surface area (Å²) in [6.45, 7) is 1.40. The van der Waals surface area contributed by atoms with Gasteiger partial charge < -0.3 is 10.1 Å². The molecule has 2 N–H and O–H groups in total. The number of halogens is 2. The summed E-state index contributed by atoms with van der Waals surface area (Å²) in [4.78, 5) is 35.6. The van der Waals surface area contributed by atoms with Gasteiger partial charge in [0.2, 0.25) is 5.91 Å². The molecule has 9 heteroatoms. The number of hydrogen-bond acceptors (Lipinski definition) is 5. The number of nitrogens with one attached hydrogen (secondary N) is 2. The summed E-state index contributed by atoms with van der Waals surface area (Å²) in [5, 5.41) is 7.54. The first-order valence-corrected chi connectivity index (χ1v) is 10.7. The van der Waals surface area contributed by atoms with Crippen LogP contribution in [0.2, 0.25) is 10.0 Å². The zero-order valence-corrected chi connectivity index (χ0v) is 19.4. The molecule has 0 bridgehead atoms. The van der Waals surface area contributed by atoms with Gasteiger partial charge in [-0.15, -0.1) is 0 Å². The van der Waals surface area contributed by atoms with Gasteiger partial charge in [0.25, 0.3) is 5.91 Å². The van der Waals surface area contributed by atoms with Crippen LogP contribution in [0.4, 0.5) is 5.69 Å². The zero-order valence-electron chi connectivity index (χ0n) is 17.9. The maximum Gasteiger partial charge on any atom is 0.336 e. The van der Waals surface area contributed by atoms with Crippen molar-refractivity contribution in [2.24, 2.45) is 5.10 Å². The van der Waals surface area contributed by atoms with E-state index in [1.807, 2.05) is 0 Å². The Kier molecular flexibility index (Phi) is 8.56. The number of ether oxygens (including phenoxy) is 1. The molecule has 2 amide bonds. The second-order valence-electron chi connectivity index (χ2n) is 6.95. The van der Waals surface area contributed by atoms with Crippen molar-refractivity contribution in [2.45, 2.75) is 6.92 Å². The Balaban J connectivity index is 1.64. The molecule has 3 aromatic rings. The van der Waals surface area contributed by atoms with Crippen LogP contribution >= 0.6 is 23.2 Å². The number of amides is 2. The molecule has 0 aliphatic carbocycles. The van der Waals surface area contributed by atoms with Crippen LogP contribution in [-0.4, -0.2) is 24.0 Å². The molecule has 0 unspecified atom stereocenters. The van der Waals surface area contributed by atoms with Crippen molar-refractivity contribution in [1.29, 1.82) is 0 Å². The lowest BCUT2D eigenvalue weighted by Gasteiger charge is -2.06. The zero-order chi connectivity index (χ0) is 24.5. The normalized spacial score (nSPS) is 10.9. The minimum Gasteiger partial charge on any atom is -0.423 e. The quantitative estimate of drug-likeness (QED) is 0.152. The van der Waals surface area contributed by atoms with Crippen LogP contribution in [0.1, 0.15) is 28.4 Å². The molecule has 0 atom stereocenters. The Morgan fingerprint density at radius 1 is 0.912 bits per heavy atom. The number of hydrazone groups is 1. The lowest BCUT2D eigenvalue weighted by Crippen LogP contribution is -2.17. The minimum atomic E-state index is -0.602. The molecule has 0 spiro atoms. The van der Waals surface area contributed by atoms with E-state index >= 15 is 0 Å². The minimum absolute atomic E-state index is 0.208. The third kappa shape index (κ3) is 7.58. The third-order valence-electron chi connectivity index (χ3n) is 4.30. The van der Waals surface area contributed by atoms with Gasteiger partial charge in [0, 0.05) is 39.9 Å². The number of rotatable bonds is 7. The molecule has 7 nitrogen and oxygen atoms in total. The van der Waals surface area contributed by atoms with E-state index in [2.05, 4.69) is 15.8 Å². The van der Waals surface area contributed by atoms with E-state index in [0.29, 0.717) is 26.9 Å². The summed E-state index contributed by atoms with van der Waals surface area (Å²) in [6, 6.07) is 17.9. The molecule has 0 aliphatic heterocycles. The average molecular weight is 496 g/mol. The molecule has 172 valence electrons. The van der Waals surface area contributed by atoms with Crippen LogP contribution in [0, 0.1) is 0 Å². The van der Waals surface area contributed by atoms with Crippen molar-refractivity contribution in [3.8, 4) is 5.75 Å². The molecule has 0 aromatic heterocycles. The smallest absolute Gasteiger partial charge is 0.336 e. The van der Waals surface area contributed by atoms with Crippen molar-refractivity contribution in [1.82, 2.24) is 5.43 Å². The Hall–Kier alpha value is -3.94. The SMILES string of the molecule is CC(=O)Nc1ccc(C(=O)N/N=C/c2cc(Cl)ccc2OC(=O)/C=C/c2ccc(Cl)cc2)cc1. The highest BCUT2D eigenvalue weighted by molar-refractivity contribution is 6.31. The number of nitrogens with zero attached hydrogens (tertiary/aromatic N) is 1. The van der Waals surface area contributed by atoms with Gasteiger partial charge in [0.15, 0.2) is 0 Å². The first-order chi connectivity index (χ1) is 16.3. The maximum absolute atomic E-state index is 12.3. The topological polar surface area (TPSA) is 96.9 Å². The number of benzene rings is 3. The van der Waals surface area contributed by atoms with Crippen LogP contribution in [0.5, 0.6) is 5.75 Å². The fraction of sp³-hybridized carbons (Fsp3) is 0.0400. The molecule has 0 saturated carbocycles. The van der Waals surface area contributed by atoms with Gasteiger partial charge in [0.1, 0.15) is 5.75 Å². The Morgan fingerprint density at radius 2 is 1.59 bits per heavy atom. The Morgan fingerprint density at radius 3 is 2.26 bits per heavy atom. The molecule has 3 aromatic carbocycles. The van der Waals surface area contributed by atoms with E-state index in [4.69, 9.17) is 27.9 Å². The van der Waals surface area contributed by atoms with Crippen LogP contribution < -0.4 is 15.5 Å². The molecule has 0 heterocycles. The van der Waals surface area contributed by atoms with E-state index in [1.54, 1.807) is 66.7 Å². The van der Waals surface area contributed by atoms with E-state index < -0.39 is 11.9 Å². The number of hydrogen-bond donors (Lipinski definition) is 2. The molecule has 0 saturated heterocycles. The van der Waals surface area contributed by atoms with Gasteiger partial charge in [-0.3, -0.25) is 9.59 Å². The van der Waals surface area contributed by atoms with Gasteiger partial charge in [-0.05, 0) is 66.2 Å². The summed E-state index contributed by atoms with van der Waals surface area (Å²) >= 11 is 11.9. The van der Waals surface area contributed by atoms with Crippen molar-refractivity contribution >= 4 is 59.0 Å². The third-order valence-corrected chi connectivity index (χ3v) is 4.79. The van der Waals surface area contributed by atoms with Gasteiger partial charge >= 0.3 is 5.97 Å². The highest BCUT2D eigenvalue weighted by atomic mass is 35.5. The standard InChI is InChI=1S/C25H19Cl2N3O4/c1-16(31)29-22-10-5-18(6-11-22)25(33)30-28-15-19-14-21(27)9-12-23(19)34-24(32)13-4-17-2-7-20(26)8-3-17/h2-15H,1H3,(H,29,31)(H,30,33)/b13-4+,28-15+. The summed E-state index contributed by atoms with van der Waals surface area (Å²) in [5.74, 6) is -1.06. The molecule has 0 aliphatic rings. The van der Waals surface area contributed by atoms with E-state index in [1.165, 1.54) is 25.3 Å². The average Bonchev–Trinajstić information content (AvgIpc) is 2.80. The highest BCUT2D eigenvalue weighted by Gasteiger charge is 2.08. The number of anilines is 1. The number of carbonyl (C=O) groups excluding carboxylic acids is 3. The van der Waals surface area contributed by atoms with Crippen LogP contribution in [0.3, 0.4) is 0 Å². The number of esters is 1. The summed E-state index contributed by atoms with van der Waals surface area (Å²) < 4.78 is 5.38. The Labute approximate surface area is 206 Å². The van der Waals surface area contributed by atoms with Crippen LogP contribution in [0.25, 0.3) is 6.08 Å². The van der Waals surface area contributed by atoms with E-state index in [9.17, 15) is 14.4 Å². The lowest BCUT2D eigenvalue weighted by atomic mass is 10.2.